The highest BCUT2D eigenvalue weighted by Crippen LogP contribution is 2.21. The van der Waals surface area contributed by atoms with Crippen molar-refractivity contribution in [3.05, 3.63) is 41.7 Å². The van der Waals surface area contributed by atoms with Gasteiger partial charge in [-0.1, -0.05) is 5.16 Å². The molecule has 0 saturated carbocycles. The van der Waals surface area contributed by atoms with Crippen LogP contribution in [0.3, 0.4) is 0 Å². The highest BCUT2D eigenvalue weighted by Gasteiger charge is 2.09. The maximum absolute atomic E-state index is 13.0. The monoisotopic (exact) mass is 239 g/mol. The molecule has 0 amide bonds. The third-order valence-electron chi connectivity index (χ3n) is 2.30. The number of aliphatic hydroxyl groups is 1. The van der Waals surface area contributed by atoms with E-state index in [1.54, 1.807) is 6.07 Å². The van der Waals surface area contributed by atoms with Crippen molar-refractivity contribution in [2.24, 2.45) is 0 Å². The molecule has 1 aromatic heterocycles. The highest BCUT2D eigenvalue weighted by molar-refractivity contribution is 5.58. The van der Waals surface area contributed by atoms with Crippen molar-refractivity contribution in [2.45, 2.75) is 12.8 Å². The predicted molar refractivity (Wildman–Crippen MR) is 57.3 cm³/mol. The summed E-state index contributed by atoms with van der Waals surface area (Å²) in [6.07, 6.45) is 1.10. The molecule has 0 atom stereocenters. The molecular formula is C12H11F2NO2. The Kier molecular flexibility index (Phi) is 3.49. The second-order valence-electron chi connectivity index (χ2n) is 3.66. The Morgan fingerprint density at radius 2 is 1.82 bits per heavy atom. The molecule has 0 unspecified atom stereocenters. The van der Waals surface area contributed by atoms with Gasteiger partial charge in [0.25, 0.3) is 0 Å². The van der Waals surface area contributed by atoms with Gasteiger partial charge in [0, 0.05) is 30.7 Å². The summed E-state index contributed by atoms with van der Waals surface area (Å²) in [6.45, 7) is 0.0601. The number of hydrogen-bond acceptors (Lipinski definition) is 3. The maximum Gasteiger partial charge on any atom is 0.137 e. The lowest BCUT2D eigenvalue weighted by molar-refractivity contribution is 0.280. The van der Waals surface area contributed by atoms with Crippen molar-refractivity contribution < 1.29 is 18.4 Å². The lowest BCUT2D eigenvalue weighted by Crippen LogP contribution is -1.86. The zero-order valence-corrected chi connectivity index (χ0v) is 8.99. The Balaban J connectivity index is 2.24. The third kappa shape index (κ3) is 2.88. The van der Waals surface area contributed by atoms with Crippen LogP contribution in [0.2, 0.25) is 0 Å². The van der Waals surface area contributed by atoms with Gasteiger partial charge in [0.1, 0.15) is 23.1 Å². The van der Waals surface area contributed by atoms with E-state index in [2.05, 4.69) is 5.16 Å². The molecule has 1 N–H and O–H groups in total. The van der Waals surface area contributed by atoms with Gasteiger partial charge in [-0.2, -0.15) is 0 Å². The molecular weight excluding hydrogens is 228 g/mol. The summed E-state index contributed by atoms with van der Waals surface area (Å²) in [5, 5.41) is 12.4. The molecule has 5 heteroatoms. The summed E-state index contributed by atoms with van der Waals surface area (Å²) in [7, 11) is 0. The van der Waals surface area contributed by atoms with Crippen LogP contribution in [0, 0.1) is 11.6 Å². The van der Waals surface area contributed by atoms with E-state index in [0.717, 1.165) is 6.07 Å². The molecule has 3 nitrogen and oxygen atoms in total. The molecule has 0 aliphatic rings. The van der Waals surface area contributed by atoms with Gasteiger partial charge in [-0.05, 0) is 18.6 Å². The van der Waals surface area contributed by atoms with Crippen LogP contribution in [0.15, 0.2) is 28.8 Å². The first-order valence-electron chi connectivity index (χ1n) is 5.22. The van der Waals surface area contributed by atoms with Gasteiger partial charge in [-0.3, -0.25) is 0 Å². The number of halogens is 2. The zero-order chi connectivity index (χ0) is 12.3. The molecule has 2 aromatic rings. The quantitative estimate of drug-likeness (QED) is 0.891. The van der Waals surface area contributed by atoms with Crippen LogP contribution < -0.4 is 0 Å². The second-order valence-corrected chi connectivity index (χ2v) is 3.66. The molecule has 2 rings (SSSR count). The fraction of sp³-hybridized carbons (Fsp3) is 0.250. The Bertz CT molecular complexity index is 491. The lowest BCUT2D eigenvalue weighted by Gasteiger charge is -1.96. The largest absolute Gasteiger partial charge is 0.396 e. The lowest BCUT2D eigenvalue weighted by atomic mass is 10.1. The van der Waals surface area contributed by atoms with E-state index in [1.807, 2.05) is 0 Å². The first kappa shape index (κ1) is 11.7. The van der Waals surface area contributed by atoms with Crippen molar-refractivity contribution in [1.29, 1.82) is 0 Å². The Morgan fingerprint density at radius 1 is 1.12 bits per heavy atom. The molecule has 0 bridgehead atoms. The molecule has 0 radical (unpaired) electrons. The average Bonchev–Trinajstić information content (AvgIpc) is 2.73. The fourth-order valence-electron chi connectivity index (χ4n) is 1.52. The van der Waals surface area contributed by atoms with Crippen molar-refractivity contribution in [2.75, 3.05) is 6.61 Å². The molecule has 0 spiro atoms. The number of nitrogens with zero attached hydrogens (tertiary/aromatic N) is 1. The fourth-order valence-corrected chi connectivity index (χ4v) is 1.52. The van der Waals surface area contributed by atoms with Gasteiger partial charge in [0.15, 0.2) is 0 Å². The minimum absolute atomic E-state index is 0.0601. The Labute approximate surface area is 96.7 Å². The Morgan fingerprint density at radius 3 is 2.47 bits per heavy atom. The maximum atomic E-state index is 13.0. The van der Waals surface area contributed by atoms with Crippen LogP contribution in [0.25, 0.3) is 11.3 Å². The first-order valence-corrected chi connectivity index (χ1v) is 5.22. The molecule has 1 heterocycles. The van der Waals surface area contributed by atoms with E-state index < -0.39 is 11.6 Å². The predicted octanol–water partition coefficient (Wildman–Crippen LogP) is 2.54. The van der Waals surface area contributed by atoms with E-state index in [9.17, 15) is 8.78 Å². The van der Waals surface area contributed by atoms with Crippen LogP contribution in [-0.4, -0.2) is 16.9 Å². The van der Waals surface area contributed by atoms with Gasteiger partial charge in [0.05, 0.1) is 0 Å². The third-order valence-corrected chi connectivity index (χ3v) is 2.30. The van der Waals surface area contributed by atoms with Crippen LogP contribution in [-0.2, 0) is 6.42 Å². The van der Waals surface area contributed by atoms with Crippen LogP contribution in [0.4, 0.5) is 8.78 Å². The van der Waals surface area contributed by atoms with E-state index in [1.165, 1.54) is 12.1 Å². The summed E-state index contributed by atoms with van der Waals surface area (Å²) in [5.41, 5.74) is 0.720. The number of benzene rings is 1. The van der Waals surface area contributed by atoms with Crippen molar-refractivity contribution >= 4 is 0 Å². The summed E-state index contributed by atoms with van der Waals surface area (Å²) in [4.78, 5) is 0. The van der Waals surface area contributed by atoms with E-state index in [4.69, 9.17) is 9.63 Å². The number of rotatable bonds is 4. The van der Waals surface area contributed by atoms with Crippen LogP contribution in [0.1, 0.15) is 12.2 Å². The van der Waals surface area contributed by atoms with Gasteiger partial charge in [-0.15, -0.1) is 0 Å². The minimum atomic E-state index is -0.653. The zero-order valence-electron chi connectivity index (χ0n) is 8.99. The van der Waals surface area contributed by atoms with Gasteiger partial charge in [0.2, 0.25) is 0 Å². The topological polar surface area (TPSA) is 46.3 Å². The Hall–Kier alpha value is -1.75. The van der Waals surface area contributed by atoms with Gasteiger partial charge in [-0.25, -0.2) is 8.78 Å². The summed E-state index contributed by atoms with van der Waals surface area (Å²) >= 11 is 0. The number of aromatic nitrogens is 1. The van der Waals surface area contributed by atoms with E-state index in [-0.39, 0.29) is 6.61 Å². The standard InChI is InChI=1S/C12H11F2NO2/c13-9-4-8(5-10(14)6-9)12-7-11(17-15-12)2-1-3-16/h4-7,16H,1-3H2. The van der Waals surface area contributed by atoms with Gasteiger partial charge < -0.3 is 9.63 Å². The first-order chi connectivity index (χ1) is 8.19. The molecule has 0 aliphatic carbocycles. The molecule has 0 saturated heterocycles. The van der Waals surface area contributed by atoms with Crippen molar-refractivity contribution in [3.8, 4) is 11.3 Å². The SMILES string of the molecule is OCCCc1cc(-c2cc(F)cc(F)c2)no1. The molecule has 1 aromatic carbocycles. The van der Waals surface area contributed by atoms with Crippen LogP contribution >= 0.6 is 0 Å². The van der Waals surface area contributed by atoms with Crippen LogP contribution in [0.5, 0.6) is 0 Å². The molecule has 0 aliphatic heterocycles. The smallest absolute Gasteiger partial charge is 0.137 e. The van der Waals surface area contributed by atoms with E-state index >= 15 is 0 Å². The van der Waals surface area contributed by atoms with E-state index in [0.29, 0.717) is 29.9 Å². The molecule has 0 fully saturated rings. The number of hydrogen-bond donors (Lipinski definition) is 1. The summed E-state index contributed by atoms with van der Waals surface area (Å²) in [6, 6.07) is 4.80. The van der Waals surface area contributed by atoms with Crippen molar-refractivity contribution in [3.63, 3.8) is 0 Å². The molecule has 17 heavy (non-hydrogen) atoms. The summed E-state index contributed by atoms with van der Waals surface area (Å²) in [5.74, 6) is -0.724. The highest BCUT2D eigenvalue weighted by atomic mass is 19.1. The number of aryl methyl sites for hydroxylation is 1. The summed E-state index contributed by atoms with van der Waals surface area (Å²) < 4.78 is 31.0. The molecule has 90 valence electrons. The normalized spacial score (nSPS) is 10.8. The second kappa shape index (κ2) is 5.05. The minimum Gasteiger partial charge on any atom is -0.396 e. The van der Waals surface area contributed by atoms with Crippen molar-refractivity contribution in [1.82, 2.24) is 5.16 Å². The van der Waals surface area contributed by atoms with Gasteiger partial charge >= 0.3 is 0 Å². The number of aliphatic hydroxyl groups excluding tert-OH is 1. The average molecular weight is 239 g/mol.